The van der Waals surface area contributed by atoms with Crippen molar-refractivity contribution in [3.63, 3.8) is 0 Å². The number of nitroso groups, excluding NO2 is 1. The molecule has 0 aromatic heterocycles. The third-order valence-corrected chi connectivity index (χ3v) is 3.17. The SMILES string of the molecule is NS(=O)(=O)c1ccc2c(c1)C(N=O)C(=O)N2. The van der Waals surface area contributed by atoms with Crippen molar-refractivity contribution in [3.8, 4) is 0 Å². The van der Waals surface area contributed by atoms with Crippen molar-refractivity contribution >= 4 is 21.6 Å². The van der Waals surface area contributed by atoms with Gasteiger partial charge in [0.1, 0.15) is 0 Å². The Morgan fingerprint density at radius 3 is 2.62 bits per heavy atom. The zero-order valence-electron chi connectivity index (χ0n) is 7.88. The highest BCUT2D eigenvalue weighted by molar-refractivity contribution is 7.89. The molecule has 1 aromatic rings. The summed E-state index contributed by atoms with van der Waals surface area (Å²) in [5.74, 6) is -0.573. The van der Waals surface area contributed by atoms with Gasteiger partial charge < -0.3 is 5.32 Å². The van der Waals surface area contributed by atoms with Crippen molar-refractivity contribution in [2.24, 2.45) is 10.3 Å². The fraction of sp³-hybridized carbons (Fsp3) is 0.125. The molecule has 84 valence electrons. The van der Waals surface area contributed by atoms with E-state index in [0.29, 0.717) is 5.69 Å². The van der Waals surface area contributed by atoms with E-state index in [9.17, 15) is 18.1 Å². The van der Waals surface area contributed by atoms with E-state index in [-0.39, 0.29) is 10.5 Å². The first-order chi connectivity index (χ1) is 7.43. The van der Waals surface area contributed by atoms with Gasteiger partial charge in [0.05, 0.1) is 4.90 Å². The Hall–Kier alpha value is -1.80. The number of carbonyl (C=O) groups is 1. The van der Waals surface area contributed by atoms with Gasteiger partial charge in [-0.05, 0) is 18.2 Å². The highest BCUT2D eigenvalue weighted by Crippen LogP contribution is 2.34. The van der Waals surface area contributed by atoms with Gasteiger partial charge in [0, 0.05) is 11.3 Å². The summed E-state index contributed by atoms with van der Waals surface area (Å²) in [7, 11) is -3.86. The highest BCUT2D eigenvalue weighted by Gasteiger charge is 2.32. The molecule has 0 spiro atoms. The van der Waals surface area contributed by atoms with Gasteiger partial charge >= 0.3 is 0 Å². The molecular formula is C8H7N3O4S. The van der Waals surface area contributed by atoms with Gasteiger partial charge in [-0.2, -0.15) is 0 Å². The smallest absolute Gasteiger partial charge is 0.257 e. The number of hydrogen-bond donors (Lipinski definition) is 2. The minimum atomic E-state index is -3.86. The molecule has 1 heterocycles. The molecule has 0 saturated heterocycles. The number of amides is 1. The average molecular weight is 241 g/mol. The first-order valence-electron chi connectivity index (χ1n) is 4.23. The van der Waals surface area contributed by atoms with Crippen molar-refractivity contribution in [2.75, 3.05) is 5.32 Å². The lowest BCUT2D eigenvalue weighted by Crippen LogP contribution is -2.12. The Balaban J connectivity index is 2.60. The Bertz CT molecular complexity index is 581. The summed E-state index contributed by atoms with van der Waals surface area (Å²) in [4.78, 5) is 21.5. The van der Waals surface area contributed by atoms with Gasteiger partial charge in [-0.15, -0.1) is 4.91 Å². The van der Waals surface area contributed by atoms with Crippen LogP contribution in [0.25, 0.3) is 0 Å². The number of primary sulfonamides is 1. The molecule has 0 aliphatic carbocycles. The van der Waals surface area contributed by atoms with Crippen LogP contribution in [0.2, 0.25) is 0 Å². The summed E-state index contributed by atoms with van der Waals surface area (Å²) < 4.78 is 22.1. The van der Waals surface area contributed by atoms with Crippen LogP contribution >= 0.6 is 0 Å². The molecule has 1 unspecified atom stereocenters. The second-order valence-corrected chi connectivity index (χ2v) is 4.85. The molecule has 0 fully saturated rings. The monoisotopic (exact) mass is 241 g/mol. The van der Waals surface area contributed by atoms with Gasteiger partial charge in [-0.25, -0.2) is 13.6 Å². The van der Waals surface area contributed by atoms with E-state index in [1.54, 1.807) is 0 Å². The van der Waals surface area contributed by atoms with Gasteiger partial charge in [0.15, 0.2) is 6.04 Å². The summed E-state index contributed by atoms with van der Waals surface area (Å²) >= 11 is 0. The van der Waals surface area contributed by atoms with Crippen molar-refractivity contribution in [3.05, 3.63) is 28.7 Å². The molecule has 0 saturated carbocycles. The fourth-order valence-corrected chi connectivity index (χ4v) is 2.05. The van der Waals surface area contributed by atoms with Crippen LogP contribution in [0.15, 0.2) is 28.3 Å². The number of fused-ring (bicyclic) bond motifs is 1. The molecule has 1 atom stereocenters. The summed E-state index contributed by atoms with van der Waals surface area (Å²) in [6, 6.07) is 2.59. The van der Waals surface area contributed by atoms with E-state index in [0.717, 1.165) is 0 Å². The quantitative estimate of drug-likeness (QED) is 0.713. The fourth-order valence-electron chi connectivity index (χ4n) is 1.50. The van der Waals surface area contributed by atoms with E-state index in [2.05, 4.69) is 10.5 Å². The number of anilines is 1. The maximum atomic E-state index is 11.2. The van der Waals surface area contributed by atoms with Crippen LogP contribution in [0.1, 0.15) is 11.6 Å². The van der Waals surface area contributed by atoms with Crippen molar-refractivity contribution in [1.82, 2.24) is 0 Å². The van der Waals surface area contributed by atoms with Crippen LogP contribution in [0.3, 0.4) is 0 Å². The van der Waals surface area contributed by atoms with E-state index in [4.69, 9.17) is 5.14 Å². The molecule has 8 heteroatoms. The summed E-state index contributed by atoms with van der Waals surface area (Å²) in [5, 5.41) is 9.97. The zero-order valence-corrected chi connectivity index (χ0v) is 8.69. The Morgan fingerprint density at radius 1 is 1.38 bits per heavy atom. The lowest BCUT2D eigenvalue weighted by Gasteiger charge is -2.02. The second-order valence-electron chi connectivity index (χ2n) is 3.29. The van der Waals surface area contributed by atoms with Crippen LogP contribution in [0.5, 0.6) is 0 Å². The largest absolute Gasteiger partial charge is 0.323 e. The van der Waals surface area contributed by atoms with E-state index >= 15 is 0 Å². The number of sulfonamides is 1. The second kappa shape index (κ2) is 3.35. The average Bonchev–Trinajstić information content (AvgIpc) is 2.50. The van der Waals surface area contributed by atoms with Crippen LogP contribution in [0, 0.1) is 4.91 Å². The Morgan fingerprint density at radius 2 is 2.06 bits per heavy atom. The predicted molar refractivity (Wildman–Crippen MR) is 55.0 cm³/mol. The molecule has 0 radical (unpaired) electrons. The lowest BCUT2D eigenvalue weighted by atomic mass is 10.1. The number of nitrogens with one attached hydrogen (secondary N) is 1. The topological polar surface area (TPSA) is 119 Å². The zero-order chi connectivity index (χ0) is 11.9. The van der Waals surface area contributed by atoms with Crippen molar-refractivity contribution in [2.45, 2.75) is 10.9 Å². The van der Waals surface area contributed by atoms with Crippen molar-refractivity contribution in [1.29, 1.82) is 0 Å². The van der Waals surface area contributed by atoms with Crippen LogP contribution in [-0.2, 0) is 14.8 Å². The standard InChI is InChI=1S/C8H7N3O4S/c9-16(14,15)4-1-2-6-5(3-4)7(11-13)8(12)10-6/h1-3,7H,(H,10,12)(H2,9,14,15). The predicted octanol–water partition coefficient (Wildman–Crippen LogP) is 0.0936. The molecule has 3 N–H and O–H groups in total. The molecule has 1 aliphatic rings. The third-order valence-electron chi connectivity index (χ3n) is 2.26. The molecule has 2 rings (SSSR count). The number of nitrogens with two attached hydrogens (primary N) is 1. The summed E-state index contributed by atoms with van der Waals surface area (Å²) in [6.45, 7) is 0. The third kappa shape index (κ3) is 1.57. The molecule has 1 amide bonds. The number of benzene rings is 1. The number of rotatable bonds is 2. The molecular weight excluding hydrogens is 234 g/mol. The summed E-state index contributed by atoms with van der Waals surface area (Å²) in [5.41, 5.74) is 0.605. The molecule has 1 aromatic carbocycles. The number of carbonyl (C=O) groups excluding carboxylic acids is 1. The number of nitrogens with zero attached hydrogens (tertiary/aromatic N) is 1. The molecule has 1 aliphatic heterocycles. The van der Waals surface area contributed by atoms with Gasteiger partial charge in [0.2, 0.25) is 10.0 Å². The van der Waals surface area contributed by atoms with Crippen LogP contribution in [0.4, 0.5) is 5.69 Å². The highest BCUT2D eigenvalue weighted by atomic mass is 32.2. The molecule has 0 bridgehead atoms. The van der Waals surface area contributed by atoms with E-state index in [1.165, 1.54) is 18.2 Å². The Kier molecular flexibility index (Phi) is 2.25. The number of hydrogen-bond acceptors (Lipinski definition) is 5. The Labute approximate surface area is 90.7 Å². The normalized spacial score (nSPS) is 19.1. The molecule has 7 nitrogen and oxygen atoms in total. The van der Waals surface area contributed by atoms with Crippen LogP contribution in [-0.4, -0.2) is 14.3 Å². The molecule has 16 heavy (non-hydrogen) atoms. The van der Waals surface area contributed by atoms with E-state index < -0.39 is 22.0 Å². The maximum Gasteiger partial charge on any atom is 0.257 e. The van der Waals surface area contributed by atoms with Gasteiger partial charge in [-0.1, -0.05) is 5.18 Å². The minimum absolute atomic E-state index is 0.156. The van der Waals surface area contributed by atoms with E-state index in [1.807, 2.05) is 0 Å². The first-order valence-corrected chi connectivity index (χ1v) is 5.78. The van der Waals surface area contributed by atoms with Gasteiger partial charge in [-0.3, -0.25) is 4.79 Å². The minimum Gasteiger partial charge on any atom is -0.323 e. The lowest BCUT2D eigenvalue weighted by molar-refractivity contribution is -0.116. The maximum absolute atomic E-state index is 11.2. The van der Waals surface area contributed by atoms with Gasteiger partial charge in [0.25, 0.3) is 5.91 Å². The van der Waals surface area contributed by atoms with Crippen LogP contribution < -0.4 is 10.5 Å². The summed E-state index contributed by atoms with van der Waals surface area (Å²) in [6.07, 6.45) is 0. The van der Waals surface area contributed by atoms with Crippen molar-refractivity contribution < 1.29 is 13.2 Å². The first kappa shape index (κ1) is 10.7.